The van der Waals surface area contributed by atoms with Crippen LogP contribution in [0.4, 0.5) is 11.5 Å². The molecule has 5 rings (SSSR count). The van der Waals surface area contributed by atoms with E-state index < -0.39 is 0 Å². The van der Waals surface area contributed by atoms with Crippen molar-refractivity contribution in [2.24, 2.45) is 0 Å². The summed E-state index contributed by atoms with van der Waals surface area (Å²) in [6, 6.07) is 17.7. The van der Waals surface area contributed by atoms with E-state index in [9.17, 15) is 5.26 Å². The number of likely N-dealkylation sites (tertiary alicyclic amines) is 1. The lowest BCUT2D eigenvalue weighted by Crippen LogP contribution is -2.35. The summed E-state index contributed by atoms with van der Waals surface area (Å²) in [5, 5.41) is 13.9. The molecule has 1 fully saturated rings. The van der Waals surface area contributed by atoms with Gasteiger partial charge in [-0.3, -0.25) is 0 Å². The molecule has 0 bridgehead atoms. The van der Waals surface area contributed by atoms with Crippen LogP contribution in [0.3, 0.4) is 0 Å². The van der Waals surface area contributed by atoms with Crippen molar-refractivity contribution in [3.8, 4) is 23.1 Å². The first kappa shape index (κ1) is 18.5. The predicted octanol–water partition coefficient (Wildman–Crippen LogP) is 5.02. The van der Waals surface area contributed by atoms with Crippen LogP contribution in [0.15, 0.2) is 59.2 Å². The average molecular weight is 398 g/mol. The van der Waals surface area contributed by atoms with Gasteiger partial charge in [0.15, 0.2) is 5.76 Å². The van der Waals surface area contributed by atoms with E-state index in [-0.39, 0.29) is 6.10 Å². The van der Waals surface area contributed by atoms with Gasteiger partial charge in [-0.2, -0.15) is 5.26 Å². The van der Waals surface area contributed by atoms with Crippen molar-refractivity contribution in [1.29, 1.82) is 5.26 Å². The van der Waals surface area contributed by atoms with Crippen LogP contribution in [0.5, 0.6) is 5.75 Å². The number of nitrogens with zero attached hydrogens (tertiary/aromatic N) is 3. The van der Waals surface area contributed by atoms with E-state index >= 15 is 0 Å². The topological polar surface area (TPSA) is 74.3 Å². The molecule has 1 N–H and O–H groups in total. The van der Waals surface area contributed by atoms with Gasteiger partial charge >= 0.3 is 0 Å². The minimum atomic E-state index is 0.187. The molecule has 6 heteroatoms. The highest BCUT2D eigenvalue weighted by Crippen LogP contribution is 2.36. The highest BCUT2D eigenvalue weighted by molar-refractivity contribution is 5.90. The molecule has 3 aliphatic rings. The van der Waals surface area contributed by atoms with E-state index in [2.05, 4.69) is 23.3 Å². The molecule has 30 heavy (non-hydrogen) atoms. The molecule has 0 unspecified atom stereocenters. The summed E-state index contributed by atoms with van der Waals surface area (Å²) >= 11 is 0. The van der Waals surface area contributed by atoms with E-state index in [4.69, 9.17) is 14.1 Å². The normalized spacial score (nSPS) is 15.3. The first-order valence-corrected chi connectivity index (χ1v) is 10.1. The number of ether oxygens (including phenoxy) is 1. The van der Waals surface area contributed by atoms with Crippen molar-refractivity contribution in [3.05, 3.63) is 60.4 Å². The van der Waals surface area contributed by atoms with Gasteiger partial charge in [-0.25, -0.2) is 4.98 Å². The van der Waals surface area contributed by atoms with E-state index in [0.717, 1.165) is 59.6 Å². The molecule has 0 amide bonds. The summed E-state index contributed by atoms with van der Waals surface area (Å²) in [7, 11) is 2.13. The first-order chi connectivity index (χ1) is 14.7. The van der Waals surface area contributed by atoms with E-state index in [1.54, 1.807) is 6.26 Å². The summed E-state index contributed by atoms with van der Waals surface area (Å²) in [6.07, 6.45) is 3.82. The minimum absolute atomic E-state index is 0.187. The Hall–Kier alpha value is -3.56. The molecule has 150 valence electrons. The monoisotopic (exact) mass is 398 g/mol. The van der Waals surface area contributed by atoms with Gasteiger partial charge in [-0.1, -0.05) is 6.07 Å². The molecule has 1 aromatic carbocycles. The Morgan fingerprint density at radius 1 is 1.17 bits per heavy atom. The summed E-state index contributed by atoms with van der Waals surface area (Å²) < 4.78 is 11.9. The number of nitrogens with one attached hydrogen (secondary N) is 1. The third-order valence-electron chi connectivity index (χ3n) is 5.63. The number of pyridine rings is 1. The van der Waals surface area contributed by atoms with Crippen molar-refractivity contribution in [3.63, 3.8) is 0 Å². The fraction of sp³-hybridized carbons (Fsp3) is 0.250. The lowest BCUT2D eigenvalue weighted by molar-refractivity contribution is 0.116. The summed E-state index contributed by atoms with van der Waals surface area (Å²) in [4.78, 5) is 7.05. The Morgan fingerprint density at radius 3 is 2.87 bits per heavy atom. The Balaban J connectivity index is 1.48. The van der Waals surface area contributed by atoms with Crippen LogP contribution in [0.2, 0.25) is 0 Å². The molecule has 3 heterocycles. The van der Waals surface area contributed by atoms with Crippen LogP contribution in [-0.4, -0.2) is 36.1 Å². The third-order valence-corrected chi connectivity index (χ3v) is 5.63. The zero-order valence-electron chi connectivity index (χ0n) is 16.8. The van der Waals surface area contributed by atoms with Crippen molar-refractivity contribution in [2.45, 2.75) is 18.9 Å². The Bertz CT molecular complexity index is 1200. The molecular weight excluding hydrogens is 376 g/mol. The number of aromatic nitrogens is 1. The fourth-order valence-electron chi connectivity index (χ4n) is 3.95. The second-order valence-corrected chi connectivity index (χ2v) is 7.71. The SMILES string of the molecule is CN1CCC(Oc2cccc3nc(Nc4ccc5cccoc4-5)c(C#N)cc23)CC1. The number of benzene rings is 1. The predicted molar refractivity (Wildman–Crippen MR) is 116 cm³/mol. The molecule has 0 spiro atoms. The van der Waals surface area contributed by atoms with Gasteiger partial charge < -0.3 is 19.4 Å². The molecule has 2 aromatic rings. The minimum Gasteiger partial charge on any atom is -0.490 e. The maximum Gasteiger partial charge on any atom is 0.157 e. The molecule has 2 aliphatic heterocycles. The fourth-order valence-corrected chi connectivity index (χ4v) is 3.95. The molecule has 6 nitrogen and oxygen atoms in total. The lowest BCUT2D eigenvalue weighted by Gasteiger charge is -2.29. The Morgan fingerprint density at radius 2 is 2.03 bits per heavy atom. The van der Waals surface area contributed by atoms with Crippen LogP contribution < -0.4 is 10.1 Å². The lowest BCUT2D eigenvalue weighted by atomic mass is 10.1. The molecule has 0 atom stereocenters. The number of fused-ring (bicyclic) bond motifs is 2. The first-order valence-electron chi connectivity index (χ1n) is 10.1. The molecule has 1 saturated heterocycles. The van der Waals surface area contributed by atoms with E-state index in [1.165, 1.54) is 0 Å². The average Bonchev–Trinajstić information content (AvgIpc) is 3.18. The van der Waals surface area contributed by atoms with Gasteiger partial charge in [-0.05, 0) is 62.4 Å². The highest BCUT2D eigenvalue weighted by Gasteiger charge is 2.20. The van der Waals surface area contributed by atoms with E-state index in [0.29, 0.717) is 11.4 Å². The van der Waals surface area contributed by atoms with Crippen LogP contribution >= 0.6 is 0 Å². The maximum atomic E-state index is 9.76. The van der Waals surface area contributed by atoms with Gasteiger partial charge in [0.25, 0.3) is 0 Å². The quantitative estimate of drug-likeness (QED) is 0.520. The summed E-state index contributed by atoms with van der Waals surface area (Å²) in [5.74, 6) is 2.03. The molecule has 0 saturated carbocycles. The van der Waals surface area contributed by atoms with E-state index in [1.807, 2.05) is 48.5 Å². The zero-order chi connectivity index (χ0) is 20.5. The number of hydrogen-bond donors (Lipinski definition) is 1. The number of nitriles is 1. The number of piperidine rings is 1. The Labute approximate surface area is 175 Å². The van der Waals surface area contributed by atoms with Crippen LogP contribution in [0.25, 0.3) is 22.2 Å². The standard InChI is InChI=1S/C24H22N4O2/c1-28-11-9-18(10-12-28)30-22-6-2-5-20-19(22)14-17(15-25)24(26-20)27-21-8-7-16-4-3-13-29-23(16)21/h2-8,13-14,18H,9-12H2,1H3,(H,26,27). The molecule has 1 aliphatic carbocycles. The van der Waals surface area contributed by atoms with Gasteiger partial charge in [0.1, 0.15) is 23.7 Å². The third kappa shape index (κ3) is 3.44. The highest BCUT2D eigenvalue weighted by atomic mass is 16.5. The molecular formula is C24H22N4O2. The second-order valence-electron chi connectivity index (χ2n) is 7.71. The van der Waals surface area contributed by atoms with Crippen LogP contribution in [0.1, 0.15) is 18.4 Å². The molecule has 1 aromatic heterocycles. The van der Waals surface area contributed by atoms with Gasteiger partial charge in [0.05, 0.1) is 23.0 Å². The van der Waals surface area contributed by atoms with Crippen molar-refractivity contribution < 1.29 is 9.15 Å². The number of rotatable bonds is 4. The maximum absolute atomic E-state index is 9.76. The largest absolute Gasteiger partial charge is 0.490 e. The molecule has 0 radical (unpaired) electrons. The summed E-state index contributed by atoms with van der Waals surface area (Å²) in [6.45, 7) is 2.06. The van der Waals surface area contributed by atoms with Crippen molar-refractivity contribution >= 4 is 22.4 Å². The number of anilines is 2. The Kier molecular flexibility index (Phi) is 4.74. The van der Waals surface area contributed by atoms with Crippen LogP contribution in [-0.2, 0) is 0 Å². The van der Waals surface area contributed by atoms with Gasteiger partial charge in [-0.15, -0.1) is 0 Å². The zero-order valence-corrected chi connectivity index (χ0v) is 16.8. The summed E-state index contributed by atoms with van der Waals surface area (Å²) in [5.41, 5.74) is 3.03. The van der Waals surface area contributed by atoms with Gasteiger partial charge in [0, 0.05) is 24.0 Å². The second kappa shape index (κ2) is 7.69. The van der Waals surface area contributed by atoms with Crippen molar-refractivity contribution in [2.75, 3.05) is 25.5 Å². The van der Waals surface area contributed by atoms with Crippen molar-refractivity contribution in [1.82, 2.24) is 9.88 Å². The van der Waals surface area contributed by atoms with Crippen LogP contribution in [0, 0.1) is 11.3 Å². The van der Waals surface area contributed by atoms with Gasteiger partial charge in [0.2, 0.25) is 0 Å². The number of hydrogen-bond acceptors (Lipinski definition) is 6. The smallest absolute Gasteiger partial charge is 0.157 e.